The molecule has 9 nitrogen and oxygen atoms in total. The van der Waals surface area contributed by atoms with Gasteiger partial charge in [-0.2, -0.15) is 4.98 Å². The van der Waals surface area contributed by atoms with Crippen LogP contribution < -0.4 is 10.6 Å². The third kappa shape index (κ3) is 6.57. The minimum absolute atomic E-state index is 0.165. The van der Waals surface area contributed by atoms with E-state index in [0.29, 0.717) is 48.8 Å². The van der Waals surface area contributed by atoms with Gasteiger partial charge < -0.3 is 24.5 Å². The zero-order valence-corrected chi connectivity index (χ0v) is 19.7. The average molecular weight is 474 g/mol. The van der Waals surface area contributed by atoms with Crippen LogP contribution in [0.3, 0.4) is 0 Å². The first-order valence-electron chi connectivity index (χ1n) is 11.3. The van der Waals surface area contributed by atoms with Crippen molar-refractivity contribution in [2.75, 3.05) is 25.5 Å². The van der Waals surface area contributed by atoms with Crippen molar-refractivity contribution >= 4 is 17.6 Å². The number of urea groups is 1. The van der Waals surface area contributed by atoms with E-state index in [2.05, 4.69) is 20.8 Å². The summed E-state index contributed by atoms with van der Waals surface area (Å²) in [6.45, 7) is 2.90. The van der Waals surface area contributed by atoms with Crippen LogP contribution in [0.4, 0.5) is 10.5 Å². The summed E-state index contributed by atoms with van der Waals surface area (Å²) in [5, 5.41) is 9.73. The average Bonchev–Trinajstić information content (AvgIpc) is 3.56. The quantitative estimate of drug-likeness (QED) is 0.374. The molecule has 0 aliphatic heterocycles. The maximum Gasteiger partial charge on any atom is 0.321 e. The number of rotatable bonds is 9. The molecule has 0 aliphatic carbocycles. The highest BCUT2D eigenvalue weighted by molar-refractivity contribution is 5.94. The highest BCUT2D eigenvalue weighted by atomic mass is 16.5. The molecule has 0 radical (unpaired) electrons. The van der Waals surface area contributed by atoms with E-state index < -0.39 is 0 Å². The Balaban J connectivity index is 1.25. The van der Waals surface area contributed by atoms with Crippen LogP contribution in [0.15, 0.2) is 75.9 Å². The number of carbonyl (C=O) groups excluding carboxylic acids is 2. The van der Waals surface area contributed by atoms with Gasteiger partial charge in [0, 0.05) is 49.8 Å². The highest BCUT2D eigenvalue weighted by Crippen LogP contribution is 2.18. The monoisotopic (exact) mass is 473 g/mol. The molecule has 0 fully saturated rings. The molecule has 0 spiro atoms. The van der Waals surface area contributed by atoms with Crippen molar-refractivity contribution in [1.82, 2.24) is 20.4 Å². The molecule has 2 heterocycles. The molecule has 4 aromatic rings. The molecule has 0 atom stereocenters. The molecule has 4 rings (SSSR count). The molecular formula is C26H27N5O4. The first kappa shape index (κ1) is 23.7. The zero-order valence-electron chi connectivity index (χ0n) is 19.7. The molecule has 0 bridgehead atoms. The van der Waals surface area contributed by atoms with E-state index in [9.17, 15) is 9.59 Å². The lowest BCUT2D eigenvalue weighted by molar-refractivity contribution is 0.0953. The normalized spacial score (nSPS) is 10.7. The number of anilines is 1. The molecule has 3 amide bonds. The van der Waals surface area contributed by atoms with Gasteiger partial charge in [-0.05, 0) is 55.5 Å². The van der Waals surface area contributed by atoms with Gasteiger partial charge in [0.15, 0.2) is 5.82 Å². The number of carbonyl (C=O) groups is 2. The molecule has 35 heavy (non-hydrogen) atoms. The summed E-state index contributed by atoms with van der Waals surface area (Å²) >= 11 is 0. The number of nitrogens with one attached hydrogen (secondary N) is 2. The van der Waals surface area contributed by atoms with Gasteiger partial charge in [0.25, 0.3) is 11.8 Å². The summed E-state index contributed by atoms with van der Waals surface area (Å²) in [7, 11) is 1.71. The van der Waals surface area contributed by atoms with Crippen LogP contribution in [0, 0.1) is 6.92 Å². The number of hydrogen-bond donors (Lipinski definition) is 2. The van der Waals surface area contributed by atoms with Crippen molar-refractivity contribution in [2.45, 2.75) is 19.8 Å². The molecule has 0 unspecified atom stereocenters. The largest absolute Gasteiger partial charge is 0.469 e. The van der Waals surface area contributed by atoms with E-state index in [1.54, 1.807) is 42.5 Å². The molecule has 2 aromatic carbocycles. The standard InChI is InChI=1S/C26H27N5O4/c1-18-5-11-21(12-6-18)28-26(33)31(2)16-14-23-29-25(35-30-23)20-9-7-19(8-10-20)24(32)27-15-13-22-4-3-17-34-22/h3-12,17H,13-16H2,1-2H3,(H,27,32)(H,28,33). The van der Waals surface area contributed by atoms with Crippen LogP contribution in [0.2, 0.25) is 0 Å². The van der Waals surface area contributed by atoms with Crippen LogP contribution in [-0.2, 0) is 12.8 Å². The van der Waals surface area contributed by atoms with Gasteiger partial charge in [-0.1, -0.05) is 22.9 Å². The summed E-state index contributed by atoms with van der Waals surface area (Å²) in [4.78, 5) is 30.7. The molecule has 2 aromatic heterocycles. The van der Waals surface area contributed by atoms with Gasteiger partial charge in [0.2, 0.25) is 0 Å². The van der Waals surface area contributed by atoms with Crippen LogP contribution >= 0.6 is 0 Å². The van der Waals surface area contributed by atoms with Crippen molar-refractivity contribution in [3.63, 3.8) is 0 Å². The van der Waals surface area contributed by atoms with E-state index in [1.807, 2.05) is 43.3 Å². The molecule has 0 aliphatic rings. The first-order chi connectivity index (χ1) is 17.0. The molecule has 2 N–H and O–H groups in total. The van der Waals surface area contributed by atoms with Crippen molar-refractivity contribution < 1.29 is 18.5 Å². The molecule has 0 saturated carbocycles. The minimum Gasteiger partial charge on any atom is -0.469 e. The highest BCUT2D eigenvalue weighted by Gasteiger charge is 2.14. The van der Waals surface area contributed by atoms with Gasteiger partial charge in [0.1, 0.15) is 5.76 Å². The summed E-state index contributed by atoms with van der Waals surface area (Å²) in [5.41, 5.74) is 3.11. The lowest BCUT2D eigenvalue weighted by atomic mass is 10.1. The van der Waals surface area contributed by atoms with E-state index in [1.165, 1.54) is 0 Å². The van der Waals surface area contributed by atoms with Crippen molar-refractivity contribution in [3.8, 4) is 11.5 Å². The number of likely N-dealkylation sites (N-methyl/N-ethyl adjacent to an activating group) is 1. The Morgan fingerprint density at radius 3 is 2.49 bits per heavy atom. The number of aromatic nitrogens is 2. The molecular weight excluding hydrogens is 446 g/mol. The Morgan fingerprint density at radius 1 is 1.00 bits per heavy atom. The zero-order chi connectivity index (χ0) is 24.6. The molecule has 9 heteroatoms. The van der Waals surface area contributed by atoms with Gasteiger partial charge in [-0.15, -0.1) is 0 Å². The van der Waals surface area contributed by atoms with Crippen LogP contribution in [0.5, 0.6) is 0 Å². The predicted octanol–water partition coefficient (Wildman–Crippen LogP) is 4.32. The van der Waals surface area contributed by atoms with Gasteiger partial charge in [-0.25, -0.2) is 4.79 Å². The second kappa shape index (κ2) is 11.1. The fourth-order valence-electron chi connectivity index (χ4n) is 3.32. The third-order valence-corrected chi connectivity index (χ3v) is 5.42. The summed E-state index contributed by atoms with van der Waals surface area (Å²) in [6, 6.07) is 18.0. The van der Waals surface area contributed by atoms with Gasteiger partial charge in [-0.3, -0.25) is 4.79 Å². The van der Waals surface area contributed by atoms with E-state index in [-0.39, 0.29) is 11.9 Å². The van der Waals surface area contributed by atoms with Crippen molar-refractivity contribution in [2.24, 2.45) is 0 Å². The van der Waals surface area contributed by atoms with E-state index >= 15 is 0 Å². The Hall–Kier alpha value is -4.40. The lowest BCUT2D eigenvalue weighted by Gasteiger charge is -2.17. The Bertz CT molecular complexity index is 1250. The van der Waals surface area contributed by atoms with Crippen molar-refractivity contribution in [3.05, 3.63) is 89.6 Å². The number of furan rings is 1. The maximum absolute atomic E-state index is 12.4. The number of benzene rings is 2. The summed E-state index contributed by atoms with van der Waals surface area (Å²) < 4.78 is 10.6. The van der Waals surface area contributed by atoms with Crippen LogP contribution in [0.25, 0.3) is 11.5 Å². The Kier molecular flexibility index (Phi) is 7.57. The predicted molar refractivity (Wildman–Crippen MR) is 131 cm³/mol. The first-order valence-corrected chi connectivity index (χ1v) is 11.3. The minimum atomic E-state index is -0.212. The van der Waals surface area contributed by atoms with Crippen molar-refractivity contribution in [1.29, 1.82) is 0 Å². The number of amides is 3. The fraction of sp³-hybridized carbons (Fsp3) is 0.231. The van der Waals surface area contributed by atoms with Gasteiger partial charge >= 0.3 is 6.03 Å². The summed E-state index contributed by atoms with van der Waals surface area (Å²) in [5.74, 6) is 1.51. The Labute approximate surface area is 203 Å². The van der Waals surface area contributed by atoms with Gasteiger partial charge in [0.05, 0.1) is 6.26 Å². The smallest absolute Gasteiger partial charge is 0.321 e. The van der Waals surface area contributed by atoms with Crippen LogP contribution in [-0.4, -0.2) is 47.1 Å². The van der Waals surface area contributed by atoms with Crippen LogP contribution in [0.1, 0.15) is 27.5 Å². The lowest BCUT2D eigenvalue weighted by Crippen LogP contribution is -2.33. The fourth-order valence-corrected chi connectivity index (χ4v) is 3.32. The second-order valence-electron chi connectivity index (χ2n) is 8.15. The second-order valence-corrected chi connectivity index (χ2v) is 8.15. The number of nitrogens with zero attached hydrogens (tertiary/aromatic N) is 3. The third-order valence-electron chi connectivity index (χ3n) is 5.42. The van der Waals surface area contributed by atoms with E-state index in [0.717, 1.165) is 17.0 Å². The molecule has 180 valence electrons. The number of hydrogen-bond acceptors (Lipinski definition) is 6. The van der Waals surface area contributed by atoms with E-state index in [4.69, 9.17) is 8.94 Å². The maximum atomic E-state index is 12.4. The molecule has 0 saturated heterocycles. The topological polar surface area (TPSA) is 114 Å². The summed E-state index contributed by atoms with van der Waals surface area (Å²) in [6.07, 6.45) is 2.68. The SMILES string of the molecule is Cc1ccc(NC(=O)N(C)CCc2noc(-c3ccc(C(=O)NCCc4ccco4)cc3)n2)cc1. The Morgan fingerprint density at radius 2 is 1.77 bits per heavy atom. The number of aryl methyl sites for hydroxylation is 1.